The predicted octanol–water partition coefficient (Wildman–Crippen LogP) is 15.0. The van der Waals surface area contributed by atoms with E-state index in [9.17, 15) is 0 Å². The van der Waals surface area contributed by atoms with Crippen molar-refractivity contribution in [2.24, 2.45) is 0 Å². The van der Waals surface area contributed by atoms with Gasteiger partial charge in [-0.2, -0.15) is 0 Å². The molecule has 0 N–H and O–H groups in total. The fourth-order valence-electron chi connectivity index (χ4n) is 12.4. The molecule has 77 heavy (non-hydrogen) atoms. The molecule has 0 unspecified atom stereocenters. The van der Waals surface area contributed by atoms with E-state index in [0.29, 0.717) is 0 Å². The van der Waals surface area contributed by atoms with Crippen LogP contribution >= 0.6 is 11.3 Å². The average molecular weight is 1020 g/mol. The number of furan rings is 1. The minimum atomic E-state index is -3.39. The highest BCUT2D eigenvalue weighted by atomic mass is 32.1. The maximum Gasteiger partial charge on any atom is 0.230 e. The van der Waals surface area contributed by atoms with E-state index in [2.05, 4.69) is 251 Å². The molecule has 6 nitrogen and oxygen atoms in total. The first kappa shape index (κ1) is 43.6. The Morgan fingerprint density at radius 3 is 1.52 bits per heavy atom. The Labute approximate surface area is 447 Å². The van der Waals surface area contributed by atoms with E-state index in [4.69, 9.17) is 14.4 Å². The quantitative estimate of drug-likeness (QED) is 0.142. The second kappa shape index (κ2) is 17.2. The minimum Gasteiger partial charge on any atom is -0.455 e. The smallest absolute Gasteiger partial charge is 0.230 e. The van der Waals surface area contributed by atoms with Crippen LogP contribution in [-0.4, -0.2) is 32.2 Å². The minimum absolute atomic E-state index is 0.794. The number of thiophene rings is 1. The molecule has 9 aromatic carbocycles. The van der Waals surface area contributed by atoms with Crippen LogP contribution in [0.5, 0.6) is 0 Å². The molecule has 0 aliphatic carbocycles. The van der Waals surface area contributed by atoms with Gasteiger partial charge >= 0.3 is 0 Å². The van der Waals surface area contributed by atoms with E-state index in [1.54, 1.807) is 0 Å². The fourth-order valence-corrected chi connectivity index (χ4v) is 18.7. The van der Waals surface area contributed by atoms with E-state index < -0.39 is 8.07 Å². The molecule has 7 aromatic heterocycles. The highest BCUT2D eigenvalue weighted by molar-refractivity contribution is 7.30. The number of para-hydroxylation sites is 3. The van der Waals surface area contributed by atoms with Crippen LogP contribution in [0, 0.1) is 0 Å². The van der Waals surface area contributed by atoms with E-state index in [1.165, 1.54) is 58.4 Å². The lowest BCUT2D eigenvalue weighted by Gasteiger charge is -2.32. The molecule has 0 saturated heterocycles. The summed E-state index contributed by atoms with van der Waals surface area (Å²) in [6.07, 6.45) is 7.86. The van der Waals surface area contributed by atoms with Crippen LogP contribution in [0.25, 0.3) is 119 Å². The Balaban J connectivity index is 0.878. The lowest BCUT2D eigenvalue weighted by Crippen LogP contribution is -2.76. The molecule has 8 heteroatoms. The van der Waals surface area contributed by atoms with Crippen LogP contribution in [0.1, 0.15) is 0 Å². The number of rotatable bonds is 8. The normalized spacial score (nSPS) is 12.2. The van der Waals surface area contributed by atoms with Crippen molar-refractivity contribution in [1.29, 1.82) is 0 Å². The summed E-state index contributed by atoms with van der Waals surface area (Å²) in [6, 6.07) is 85.6. The second-order valence-corrected chi connectivity index (χ2v) is 24.6. The van der Waals surface area contributed by atoms with Crippen LogP contribution < -0.4 is 21.0 Å². The Morgan fingerprint density at radius 2 is 0.857 bits per heavy atom. The summed E-state index contributed by atoms with van der Waals surface area (Å²) in [5.41, 5.74) is 13.1. The fraction of sp³-hybridized carbons (Fsp3) is 0. The maximum absolute atomic E-state index is 7.18. The third-order valence-corrected chi connectivity index (χ3v) is 21.8. The Hall–Kier alpha value is -9.73. The molecule has 16 rings (SSSR count). The van der Waals surface area contributed by atoms with Gasteiger partial charge < -0.3 is 13.6 Å². The second-order valence-electron chi connectivity index (χ2n) is 19.9. The zero-order chi connectivity index (χ0) is 50.6. The molecule has 0 fully saturated rings. The van der Waals surface area contributed by atoms with Crippen LogP contribution in [0.4, 0.5) is 0 Å². The van der Waals surface area contributed by atoms with Gasteiger partial charge in [-0.3, -0.25) is 15.0 Å². The number of hydrogen-bond donors (Lipinski definition) is 0. The van der Waals surface area contributed by atoms with Crippen molar-refractivity contribution in [3.8, 4) is 33.6 Å². The Kier molecular flexibility index (Phi) is 9.73. The number of benzene rings is 9. The van der Waals surface area contributed by atoms with E-state index in [-0.39, 0.29) is 0 Å². The maximum atomic E-state index is 7.18. The van der Waals surface area contributed by atoms with Crippen molar-refractivity contribution in [2.45, 2.75) is 0 Å². The first-order valence-corrected chi connectivity index (χ1v) is 28.8. The van der Waals surface area contributed by atoms with Crippen molar-refractivity contribution in [2.75, 3.05) is 0 Å². The summed E-state index contributed by atoms with van der Waals surface area (Å²) in [4.78, 5) is 15.6. The standard InChI is InChI=1S/C69H43N5OSSi/c1-5-15-48(16-6-1)73-60-24-14-13-23-52(60)56-39-44(25-29-61(56)73)46-27-31-64-58(41-46)54-34-37-71-68(66(54)75-64)77(50-19-9-3-10-20-50,51-21-11-4-12-22-51)69-67-55(35-38-72-69)59-42-47(28-32-65(59)76-67)45-26-30-62-57(40-45)53-33-36-70-43-63(53)74(62)49-17-7-2-8-18-49/h1-43H. The van der Waals surface area contributed by atoms with Gasteiger partial charge in [0.15, 0.2) is 5.58 Å². The molecule has 0 bridgehead atoms. The molecule has 0 aliphatic heterocycles. The van der Waals surface area contributed by atoms with Gasteiger partial charge in [0.25, 0.3) is 0 Å². The summed E-state index contributed by atoms with van der Waals surface area (Å²) in [6.45, 7) is 0. The van der Waals surface area contributed by atoms with Crippen molar-refractivity contribution in [3.63, 3.8) is 0 Å². The van der Waals surface area contributed by atoms with Gasteiger partial charge in [0.1, 0.15) is 5.58 Å². The summed E-state index contributed by atoms with van der Waals surface area (Å²) in [7, 11) is -3.39. The molecule has 0 aliphatic rings. The monoisotopic (exact) mass is 1020 g/mol. The zero-order valence-corrected chi connectivity index (χ0v) is 43.2. The van der Waals surface area contributed by atoms with Gasteiger partial charge in [-0.15, -0.1) is 11.3 Å². The largest absolute Gasteiger partial charge is 0.455 e. The molecular weight excluding hydrogens is 975 g/mol. The number of nitrogens with zero attached hydrogens (tertiary/aromatic N) is 5. The number of aromatic nitrogens is 5. The summed E-state index contributed by atoms with van der Waals surface area (Å²) >= 11 is 1.82. The molecule has 360 valence electrons. The molecule has 16 aromatic rings. The van der Waals surface area contributed by atoms with Gasteiger partial charge in [-0.05, 0) is 130 Å². The van der Waals surface area contributed by atoms with Gasteiger partial charge in [-0.25, -0.2) is 0 Å². The zero-order valence-electron chi connectivity index (χ0n) is 41.4. The molecule has 0 atom stereocenters. The summed E-state index contributed by atoms with van der Waals surface area (Å²) in [5.74, 6) is 0. The molecule has 7 heterocycles. The van der Waals surface area contributed by atoms with Crippen LogP contribution in [0.2, 0.25) is 0 Å². The first-order chi connectivity index (χ1) is 38.2. The van der Waals surface area contributed by atoms with Crippen molar-refractivity contribution >= 4 is 126 Å². The van der Waals surface area contributed by atoms with Crippen molar-refractivity contribution < 1.29 is 4.42 Å². The lowest BCUT2D eigenvalue weighted by molar-refractivity contribution is 0.670. The third kappa shape index (κ3) is 6.56. The van der Waals surface area contributed by atoms with Crippen molar-refractivity contribution in [1.82, 2.24) is 24.1 Å². The molecule has 0 spiro atoms. The number of fused-ring (bicyclic) bond motifs is 12. The average Bonchev–Trinajstić information content (AvgIpc) is 4.48. The highest BCUT2D eigenvalue weighted by Crippen LogP contribution is 2.41. The SMILES string of the molecule is c1ccc(-n2c3ccccc3c3cc(-c4ccc5oc6c([Si](c7ccccc7)(c7ccccc7)c7nccc8c7sc7ccc(-c9ccc%10c(c9)c9ccncc9n%10-c9ccccc9)cc78)nccc6c5c4)ccc32)cc1. The van der Waals surface area contributed by atoms with Gasteiger partial charge in [-0.1, -0.05) is 140 Å². The van der Waals surface area contributed by atoms with Crippen LogP contribution in [-0.2, 0) is 0 Å². The summed E-state index contributed by atoms with van der Waals surface area (Å²) < 4.78 is 14.2. The third-order valence-electron chi connectivity index (χ3n) is 15.8. The topological polar surface area (TPSA) is 61.7 Å². The first-order valence-electron chi connectivity index (χ1n) is 26.0. The van der Waals surface area contributed by atoms with Gasteiger partial charge in [0.05, 0.1) is 43.6 Å². The van der Waals surface area contributed by atoms with Gasteiger partial charge in [0, 0.05) is 77.8 Å². The van der Waals surface area contributed by atoms with E-state index in [1.807, 2.05) is 36.1 Å². The van der Waals surface area contributed by atoms with Crippen molar-refractivity contribution in [3.05, 3.63) is 261 Å². The van der Waals surface area contributed by atoms with Crippen LogP contribution in [0.15, 0.2) is 266 Å². The molecule has 0 radical (unpaired) electrons. The Morgan fingerprint density at radius 1 is 0.364 bits per heavy atom. The summed E-state index contributed by atoms with van der Waals surface area (Å²) in [5, 5.41) is 13.6. The van der Waals surface area contributed by atoms with E-state index >= 15 is 0 Å². The lowest BCUT2D eigenvalue weighted by atomic mass is 10.0. The number of hydrogen-bond acceptors (Lipinski definition) is 5. The predicted molar refractivity (Wildman–Crippen MR) is 323 cm³/mol. The molecule has 0 saturated carbocycles. The molecular formula is C69H43N5OSSi. The highest BCUT2D eigenvalue weighted by Gasteiger charge is 2.48. The van der Waals surface area contributed by atoms with E-state index in [0.717, 1.165) is 81.9 Å². The number of pyridine rings is 3. The van der Waals surface area contributed by atoms with Gasteiger partial charge in [0.2, 0.25) is 8.07 Å². The molecule has 0 amide bonds. The van der Waals surface area contributed by atoms with Crippen LogP contribution in [0.3, 0.4) is 0 Å². The Bertz CT molecular complexity index is 4670.